The zero-order chi connectivity index (χ0) is 16.8. The average Bonchev–Trinajstić information content (AvgIpc) is 2.89. The standard InChI is InChI=1S/C14H11F4N3O2/c15-8-3-1-7(2-4-8)10-5-11(14(16,17)18)21-12(20-10)9(6-19-21)13(22)23/h1-4,6,10-11,20H,5H2,(H,22,23)/t10-,11-/m0/s1. The molecule has 0 spiro atoms. The third-order valence-corrected chi connectivity index (χ3v) is 3.74. The van der Waals surface area contributed by atoms with Crippen molar-refractivity contribution in [3.63, 3.8) is 0 Å². The number of aromatic nitrogens is 2. The predicted molar refractivity (Wildman–Crippen MR) is 71.7 cm³/mol. The number of benzene rings is 1. The van der Waals surface area contributed by atoms with Crippen LogP contribution in [0.3, 0.4) is 0 Å². The van der Waals surface area contributed by atoms with Crippen LogP contribution in [0.25, 0.3) is 0 Å². The molecule has 0 saturated heterocycles. The highest BCUT2D eigenvalue weighted by atomic mass is 19.4. The maximum Gasteiger partial charge on any atom is 0.410 e. The zero-order valence-corrected chi connectivity index (χ0v) is 11.5. The number of carboxylic acid groups (broad SMARTS) is 1. The van der Waals surface area contributed by atoms with Crippen molar-refractivity contribution in [1.82, 2.24) is 9.78 Å². The Morgan fingerprint density at radius 2 is 1.96 bits per heavy atom. The highest BCUT2D eigenvalue weighted by Gasteiger charge is 2.47. The molecule has 0 fully saturated rings. The molecular formula is C14H11F4N3O2. The molecule has 0 unspecified atom stereocenters. The van der Waals surface area contributed by atoms with E-state index < -0.39 is 30.0 Å². The van der Waals surface area contributed by atoms with Gasteiger partial charge in [-0.25, -0.2) is 13.9 Å². The van der Waals surface area contributed by atoms with Crippen LogP contribution in [-0.2, 0) is 0 Å². The molecule has 1 aromatic carbocycles. The van der Waals surface area contributed by atoms with Crippen LogP contribution < -0.4 is 5.32 Å². The minimum Gasteiger partial charge on any atom is -0.477 e. The number of carbonyl (C=O) groups is 1. The van der Waals surface area contributed by atoms with Gasteiger partial charge in [0.25, 0.3) is 0 Å². The number of fused-ring (bicyclic) bond motifs is 1. The second kappa shape index (κ2) is 5.25. The summed E-state index contributed by atoms with van der Waals surface area (Å²) in [7, 11) is 0. The van der Waals surface area contributed by atoms with E-state index in [1.165, 1.54) is 12.1 Å². The Morgan fingerprint density at radius 3 is 2.52 bits per heavy atom. The molecule has 2 aromatic rings. The monoisotopic (exact) mass is 329 g/mol. The highest BCUT2D eigenvalue weighted by Crippen LogP contribution is 2.44. The Hall–Kier alpha value is -2.58. The van der Waals surface area contributed by atoms with Crippen LogP contribution in [0, 0.1) is 5.82 Å². The van der Waals surface area contributed by atoms with E-state index in [2.05, 4.69) is 10.4 Å². The Bertz CT molecular complexity index is 739. The predicted octanol–water partition coefficient (Wildman–Crippen LogP) is 3.38. The number of anilines is 1. The van der Waals surface area contributed by atoms with Gasteiger partial charge in [0.2, 0.25) is 0 Å². The molecular weight excluding hydrogens is 318 g/mol. The lowest BCUT2D eigenvalue weighted by Gasteiger charge is -2.33. The van der Waals surface area contributed by atoms with Crippen LogP contribution in [0.4, 0.5) is 23.4 Å². The maximum absolute atomic E-state index is 13.3. The Kier molecular flexibility index (Phi) is 3.50. The van der Waals surface area contributed by atoms with Gasteiger partial charge in [0.1, 0.15) is 17.2 Å². The SMILES string of the molecule is O=C(O)c1cnn2c1N[C@H](c1ccc(F)cc1)C[C@H]2C(F)(F)F. The Morgan fingerprint density at radius 1 is 1.30 bits per heavy atom. The molecule has 0 amide bonds. The lowest BCUT2D eigenvalue weighted by molar-refractivity contribution is -0.173. The summed E-state index contributed by atoms with van der Waals surface area (Å²) in [6.07, 6.45) is -4.07. The van der Waals surface area contributed by atoms with Gasteiger partial charge < -0.3 is 10.4 Å². The van der Waals surface area contributed by atoms with E-state index in [0.717, 1.165) is 18.3 Å². The molecule has 2 N–H and O–H groups in total. The molecule has 5 nitrogen and oxygen atoms in total. The van der Waals surface area contributed by atoms with Gasteiger partial charge in [0, 0.05) is 6.42 Å². The molecule has 2 atom stereocenters. The van der Waals surface area contributed by atoms with Gasteiger partial charge >= 0.3 is 12.1 Å². The second-order valence-corrected chi connectivity index (χ2v) is 5.20. The fourth-order valence-electron chi connectivity index (χ4n) is 2.63. The fourth-order valence-corrected chi connectivity index (χ4v) is 2.63. The number of carboxylic acids is 1. The van der Waals surface area contributed by atoms with Crippen LogP contribution in [-0.4, -0.2) is 27.0 Å². The van der Waals surface area contributed by atoms with Gasteiger partial charge in [-0.2, -0.15) is 18.3 Å². The number of nitrogens with one attached hydrogen (secondary N) is 1. The van der Waals surface area contributed by atoms with E-state index in [9.17, 15) is 22.4 Å². The Balaban J connectivity index is 2.05. The highest BCUT2D eigenvalue weighted by molar-refractivity contribution is 5.93. The first kappa shape index (κ1) is 15.3. The van der Waals surface area contributed by atoms with Crippen molar-refractivity contribution in [3.05, 3.63) is 47.4 Å². The first-order chi connectivity index (χ1) is 10.8. The van der Waals surface area contributed by atoms with E-state index in [-0.39, 0.29) is 17.8 Å². The molecule has 0 aliphatic carbocycles. The molecule has 0 radical (unpaired) electrons. The minimum absolute atomic E-state index is 0.208. The zero-order valence-electron chi connectivity index (χ0n) is 11.5. The van der Waals surface area contributed by atoms with Crippen molar-refractivity contribution in [2.45, 2.75) is 24.7 Å². The smallest absolute Gasteiger partial charge is 0.410 e. The molecule has 0 saturated carbocycles. The number of rotatable bonds is 2. The van der Waals surface area contributed by atoms with Crippen LogP contribution >= 0.6 is 0 Å². The number of alkyl halides is 3. The molecule has 3 rings (SSSR count). The van der Waals surface area contributed by atoms with Gasteiger partial charge in [0.05, 0.1) is 12.2 Å². The molecule has 1 aliphatic heterocycles. The van der Waals surface area contributed by atoms with Gasteiger partial charge in [0.15, 0.2) is 6.04 Å². The van der Waals surface area contributed by atoms with Crippen LogP contribution in [0.1, 0.15) is 34.4 Å². The lowest BCUT2D eigenvalue weighted by Crippen LogP contribution is -2.36. The van der Waals surface area contributed by atoms with E-state index >= 15 is 0 Å². The second-order valence-electron chi connectivity index (χ2n) is 5.20. The minimum atomic E-state index is -4.59. The lowest BCUT2D eigenvalue weighted by atomic mass is 9.96. The first-order valence-electron chi connectivity index (χ1n) is 6.67. The number of hydrogen-bond acceptors (Lipinski definition) is 3. The van der Waals surface area contributed by atoms with Crippen molar-refractivity contribution in [2.24, 2.45) is 0 Å². The molecule has 1 aromatic heterocycles. The number of nitrogens with zero attached hydrogens (tertiary/aromatic N) is 2. The summed E-state index contributed by atoms with van der Waals surface area (Å²) in [5.74, 6) is -2.09. The Labute approximate surface area is 127 Å². The maximum atomic E-state index is 13.3. The molecule has 0 bridgehead atoms. The third-order valence-electron chi connectivity index (χ3n) is 3.74. The summed E-state index contributed by atoms with van der Waals surface area (Å²) in [5, 5.41) is 15.4. The summed E-state index contributed by atoms with van der Waals surface area (Å²) in [6.45, 7) is 0. The van der Waals surface area contributed by atoms with Gasteiger partial charge in [-0.15, -0.1) is 0 Å². The summed E-state index contributed by atoms with van der Waals surface area (Å²) >= 11 is 0. The third kappa shape index (κ3) is 2.73. The molecule has 2 heterocycles. The first-order valence-corrected chi connectivity index (χ1v) is 6.67. The molecule has 122 valence electrons. The summed E-state index contributed by atoms with van der Waals surface area (Å²) in [4.78, 5) is 11.2. The van der Waals surface area contributed by atoms with Crippen LogP contribution in [0.5, 0.6) is 0 Å². The van der Waals surface area contributed by atoms with Crippen molar-refractivity contribution < 1.29 is 27.5 Å². The molecule has 9 heteroatoms. The fraction of sp³-hybridized carbons (Fsp3) is 0.286. The molecule has 1 aliphatic rings. The largest absolute Gasteiger partial charge is 0.477 e. The van der Waals surface area contributed by atoms with Gasteiger partial charge in [-0.1, -0.05) is 12.1 Å². The quantitative estimate of drug-likeness (QED) is 0.829. The normalized spacial score (nSPS) is 20.7. The average molecular weight is 329 g/mol. The van der Waals surface area contributed by atoms with E-state index in [0.29, 0.717) is 10.2 Å². The van der Waals surface area contributed by atoms with Crippen LogP contribution in [0.2, 0.25) is 0 Å². The number of hydrogen-bond donors (Lipinski definition) is 2. The van der Waals surface area contributed by atoms with Crippen molar-refractivity contribution in [3.8, 4) is 0 Å². The van der Waals surface area contributed by atoms with Crippen LogP contribution in [0.15, 0.2) is 30.5 Å². The van der Waals surface area contributed by atoms with E-state index in [1.54, 1.807) is 0 Å². The van der Waals surface area contributed by atoms with Gasteiger partial charge in [-0.3, -0.25) is 0 Å². The summed E-state index contributed by atoms with van der Waals surface area (Å²) in [6, 6.07) is 2.26. The topological polar surface area (TPSA) is 67.1 Å². The van der Waals surface area contributed by atoms with Crippen molar-refractivity contribution in [2.75, 3.05) is 5.32 Å². The summed E-state index contributed by atoms with van der Waals surface area (Å²) < 4.78 is 53.5. The molecule has 23 heavy (non-hydrogen) atoms. The summed E-state index contributed by atoms with van der Waals surface area (Å²) in [5.41, 5.74) is 0.0931. The van der Waals surface area contributed by atoms with E-state index in [1.807, 2.05) is 0 Å². The number of halogens is 4. The van der Waals surface area contributed by atoms with Crippen molar-refractivity contribution in [1.29, 1.82) is 0 Å². The van der Waals surface area contributed by atoms with Crippen molar-refractivity contribution >= 4 is 11.8 Å². The van der Waals surface area contributed by atoms with Gasteiger partial charge in [-0.05, 0) is 17.7 Å². The van der Waals surface area contributed by atoms with E-state index in [4.69, 9.17) is 5.11 Å². The number of aromatic carboxylic acids is 1.